The number of amides is 1. The predicted octanol–water partition coefficient (Wildman–Crippen LogP) is 2.72. The summed E-state index contributed by atoms with van der Waals surface area (Å²) in [6, 6.07) is 9.67. The van der Waals surface area contributed by atoms with Gasteiger partial charge in [-0.05, 0) is 37.3 Å². The zero-order valence-corrected chi connectivity index (χ0v) is 13.1. The Morgan fingerprint density at radius 2 is 1.92 bits per heavy atom. The number of phenolic OH excluding ortho intramolecular Hbond substituents is 1. The Labute approximate surface area is 137 Å². The monoisotopic (exact) mass is 333 g/mol. The van der Waals surface area contributed by atoms with Gasteiger partial charge in [0.2, 0.25) is 0 Å². The molecule has 0 aromatic heterocycles. The lowest BCUT2D eigenvalue weighted by Gasteiger charge is -2.14. The third kappa shape index (κ3) is 4.01. The van der Waals surface area contributed by atoms with Crippen molar-refractivity contribution in [1.82, 2.24) is 0 Å². The van der Waals surface area contributed by atoms with Crippen LogP contribution in [0.4, 0.5) is 10.1 Å². The maximum Gasteiger partial charge on any atom is 0.342 e. The number of para-hydroxylation sites is 1. The maximum absolute atomic E-state index is 13.5. The van der Waals surface area contributed by atoms with Crippen molar-refractivity contribution in [3.8, 4) is 11.5 Å². The summed E-state index contributed by atoms with van der Waals surface area (Å²) in [7, 11) is 1.41. The highest BCUT2D eigenvalue weighted by atomic mass is 19.1. The predicted molar refractivity (Wildman–Crippen MR) is 84.6 cm³/mol. The summed E-state index contributed by atoms with van der Waals surface area (Å²) >= 11 is 0. The summed E-state index contributed by atoms with van der Waals surface area (Å²) in [5.41, 5.74) is -0.158. The Morgan fingerprint density at radius 3 is 2.58 bits per heavy atom. The molecule has 0 aliphatic carbocycles. The molecule has 2 N–H and O–H groups in total. The molecule has 6 nitrogen and oxygen atoms in total. The van der Waals surface area contributed by atoms with Crippen molar-refractivity contribution < 1.29 is 28.6 Å². The topological polar surface area (TPSA) is 84.9 Å². The number of ether oxygens (including phenoxy) is 2. The van der Waals surface area contributed by atoms with Gasteiger partial charge in [-0.15, -0.1) is 0 Å². The van der Waals surface area contributed by atoms with Gasteiger partial charge in [-0.25, -0.2) is 9.18 Å². The van der Waals surface area contributed by atoms with Gasteiger partial charge in [-0.2, -0.15) is 0 Å². The van der Waals surface area contributed by atoms with E-state index < -0.39 is 23.8 Å². The third-order valence-corrected chi connectivity index (χ3v) is 3.21. The lowest BCUT2D eigenvalue weighted by Crippen LogP contribution is -2.30. The molecule has 0 heterocycles. The fourth-order valence-corrected chi connectivity index (χ4v) is 1.88. The van der Waals surface area contributed by atoms with E-state index in [4.69, 9.17) is 9.47 Å². The Kier molecular flexibility index (Phi) is 5.36. The number of methoxy groups -OCH3 is 1. The summed E-state index contributed by atoms with van der Waals surface area (Å²) in [6.45, 7) is 1.34. The Hall–Kier alpha value is -3.09. The number of benzene rings is 2. The second-order valence-corrected chi connectivity index (χ2v) is 4.90. The third-order valence-electron chi connectivity index (χ3n) is 3.21. The fourth-order valence-electron chi connectivity index (χ4n) is 1.88. The van der Waals surface area contributed by atoms with Crippen LogP contribution in [0.5, 0.6) is 11.5 Å². The maximum atomic E-state index is 13.5. The molecule has 7 heteroatoms. The molecule has 1 atom stereocenters. The van der Waals surface area contributed by atoms with Gasteiger partial charge in [0.1, 0.15) is 22.9 Å². The number of carbonyl (C=O) groups excluding carboxylic acids is 2. The number of anilines is 1. The Balaban J connectivity index is 2.06. The molecule has 0 radical (unpaired) electrons. The zero-order valence-electron chi connectivity index (χ0n) is 13.1. The van der Waals surface area contributed by atoms with E-state index in [1.807, 2.05) is 0 Å². The van der Waals surface area contributed by atoms with Gasteiger partial charge in [-0.3, -0.25) is 4.79 Å². The minimum atomic E-state index is -1.19. The summed E-state index contributed by atoms with van der Waals surface area (Å²) in [6.07, 6.45) is -1.19. The van der Waals surface area contributed by atoms with Crippen LogP contribution in [0.25, 0.3) is 0 Å². The van der Waals surface area contributed by atoms with Gasteiger partial charge in [0.15, 0.2) is 6.10 Å². The summed E-state index contributed by atoms with van der Waals surface area (Å²) in [5, 5.41) is 12.0. The highest BCUT2D eigenvalue weighted by Crippen LogP contribution is 2.24. The summed E-state index contributed by atoms with van der Waals surface area (Å²) in [4.78, 5) is 24.1. The number of aromatic hydroxyl groups is 1. The van der Waals surface area contributed by atoms with Crippen LogP contribution in [-0.4, -0.2) is 30.2 Å². The molecule has 0 aliphatic rings. The molecule has 2 rings (SSSR count). The smallest absolute Gasteiger partial charge is 0.342 e. The van der Waals surface area contributed by atoms with Crippen molar-refractivity contribution in [2.24, 2.45) is 0 Å². The minimum absolute atomic E-state index is 0.0189. The van der Waals surface area contributed by atoms with Crippen LogP contribution in [-0.2, 0) is 9.53 Å². The van der Waals surface area contributed by atoms with Crippen LogP contribution in [0.15, 0.2) is 42.5 Å². The average Bonchev–Trinajstić information content (AvgIpc) is 2.57. The van der Waals surface area contributed by atoms with Crippen molar-refractivity contribution in [2.75, 3.05) is 12.4 Å². The highest BCUT2D eigenvalue weighted by molar-refractivity contribution is 5.98. The summed E-state index contributed by atoms with van der Waals surface area (Å²) in [5.74, 6) is -2.15. The van der Waals surface area contributed by atoms with Gasteiger partial charge in [-0.1, -0.05) is 12.1 Å². The molecule has 0 fully saturated rings. The number of hydrogen-bond donors (Lipinski definition) is 2. The zero-order chi connectivity index (χ0) is 17.7. The summed E-state index contributed by atoms with van der Waals surface area (Å²) < 4.78 is 23.5. The van der Waals surface area contributed by atoms with E-state index in [2.05, 4.69) is 5.32 Å². The molecule has 0 unspecified atom stereocenters. The van der Waals surface area contributed by atoms with Crippen LogP contribution >= 0.6 is 0 Å². The second-order valence-electron chi connectivity index (χ2n) is 4.90. The van der Waals surface area contributed by atoms with Crippen molar-refractivity contribution in [3.05, 3.63) is 53.8 Å². The lowest BCUT2D eigenvalue weighted by atomic mass is 10.2. The molecule has 0 saturated heterocycles. The van der Waals surface area contributed by atoms with Gasteiger partial charge < -0.3 is 19.9 Å². The van der Waals surface area contributed by atoms with Crippen molar-refractivity contribution in [1.29, 1.82) is 0 Å². The lowest BCUT2D eigenvalue weighted by molar-refractivity contribution is -0.123. The first-order valence-corrected chi connectivity index (χ1v) is 7.05. The van der Waals surface area contributed by atoms with E-state index in [9.17, 15) is 19.1 Å². The van der Waals surface area contributed by atoms with Crippen LogP contribution in [0.1, 0.15) is 17.3 Å². The van der Waals surface area contributed by atoms with Gasteiger partial charge in [0.25, 0.3) is 5.91 Å². The van der Waals surface area contributed by atoms with E-state index in [1.165, 1.54) is 50.4 Å². The van der Waals surface area contributed by atoms with E-state index in [0.717, 1.165) is 0 Å². The number of carbonyl (C=O) groups is 2. The molecule has 0 saturated carbocycles. The number of halogens is 1. The molecular formula is C17H16FNO5. The second kappa shape index (κ2) is 7.45. The van der Waals surface area contributed by atoms with E-state index in [0.29, 0.717) is 5.75 Å². The van der Waals surface area contributed by atoms with Crippen LogP contribution in [0, 0.1) is 5.82 Å². The molecule has 0 spiro atoms. The Morgan fingerprint density at radius 1 is 1.21 bits per heavy atom. The number of esters is 1. The molecule has 0 bridgehead atoms. The van der Waals surface area contributed by atoms with E-state index in [-0.39, 0.29) is 17.0 Å². The number of nitrogens with one attached hydrogen (secondary N) is 1. The van der Waals surface area contributed by atoms with Crippen molar-refractivity contribution >= 4 is 17.6 Å². The molecule has 2 aromatic carbocycles. The number of hydrogen-bond acceptors (Lipinski definition) is 5. The van der Waals surface area contributed by atoms with Gasteiger partial charge in [0, 0.05) is 0 Å². The normalized spacial score (nSPS) is 11.5. The molecule has 126 valence electrons. The molecule has 1 amide bonds. The SMILES string of the molecule is COc1ccc(O)c(C(=O)O[C@@H](C)C(=O)Nc2ccccc2F)c1. The quantitative estimate of drug-likeness (QED) is 0.822. The molecular weight excluding hydrogens is 317 g/mol. The molecule has 0 aliphatic heterocycles. The number of rotatable bonds is 5. The average molecular weight is 333 g/mol. The molecule has 2 aromatic rings. The van der Waals surface area contributed by atoms with Crippen LogP contribution in [0.2, 0.25) is 0 Å². The molecule has 24 heavy (non-hydrogen) atoms. The van der Waals surface area contributed by atoms with Gasteiger partial charge >= 0.3 is 5.97 Å². The van der Waals surface area contributed by atoms with E-state index in [1.54, 1.807) is 6.07 Å². The first-order chi connectivity index (χ1) is 11.4. The minimum Gasteiger partial charge on any atom is -0.507 e. The van der Waals surface area contributed by atoms with Crippen molar-refractivity contribution in [2.45, 2.75) is 13.0 Å². The van der Waals surface area contributed by atoms with E-state index >= 15 is 0 Å². The Bertz CT molecular complexity index is 762. The first kappa shape index (κ1) is 17.3. The largest absolute Gasteiger partial charge is 0.507 e. The fraction of sp³-hybridized carbons (Fsp3) is 0.176. The number of phenols is 1. The standard InChI is InChI=1S/C17H16FNO5/c1-10(16(21)19-14-6-4-3-5-13(14)18)24-17(22)12-9-11(23-2)7-8-15(12)20/h3-10,20H,1-2H3,(H,19,21)/t10-/m0/s1. The first-order valence-electron chi connectivity index (χ1n) is 7.05. The van der Waals surface area contributed by atoms with Gasteiger partial charge in [0.05, 0.1) is 12.8 Å². The van der Waals surface area contributed by atoms with Crippen LogP contribution in [0.3, 0.4) is 0 Å². The van der Waals surface area contributed by atoms with Crippen molar-refractivity contribution in [3.63, 3.8) is 0 Å². The van der Waals surface area contributed by atoms with Crippen LogP contribution < -0.4 is 10.1 Å². The highest BCUT2D eigenvalue weighted by Gasteiger charge is 2.22.